The molecule has 7 heteroatoms. The summed E-state index contributed by atoms with van der Waals surface area (Å²) in [7, 11) is -3.32. The van der Waals surface area contributed by atoms with E-state index < -0.39 is 9.84 Å². The van der Waals surface area contributed by atoms with Crippen LogP contribution in [0.15, 0.2) is 59.6 Å². The maximum Gasteiger partial charge on any atom is 0.179 e. The van der Waals surface area contributed by atoms with Gasteiger partial charge in [-0.3, -0.25) is 4.98 Å². The molecule has 2 heterocycles. The summed E-state index contributed by atoms with van der Waals surface area (Å²) in [5.41, 5.74) is 2.89. The number of anilines is 2. The van der Waals surface area contributed by atoms with Gasteiger partial charge in [-0.25, -0.2) is 8.42 Å². The summed E-state index contributed by atoms with van der Waals surface area (Å²) in [4.78, 5) is 4.66. The van der Waals surface area contributed by atoms with Gasteiger partial charge in [0, 0.05) is 22.7 Å². The van der Waals surface area contributed by atoms with E-state index in [2.05, 4.69) is 16.4 Å². The van der Waals surface area contributed by atoms with Gasteiger partial charge in [-0.1, -0.05) is 18.2 Å². The predicted octanol–water partition coefficient (Wildman–Crippen LogP) is 4.04. The molecule has 0 spiro atoms. The molecule has 0 atom stereocenters. The number of hydrogen-bond acceptors (Lipinski definition) is 6. The van der Waals surface area contributed by atoms with E-state index in [0.29, 0.717) is 44.7 Å². The molecule has 0 amide bonds. The fourth-order valence-corrected chi connectivity index (χ4v) is 5.49. The Labute approximate surface area is 167 Å². The number of aryl methyl sites for hydroxylation is 1. The number of phenols is 1. The number of nitriles is 1. The van der Waals surface area contributed by atoms with Gasteiger partial charge in [-0.2, -0.15) is 5.26 Å². The minimum Gasteiger partial charge on any atom is -0.508 e. The minimum atomic E-state index is -3.32. The lowest BCUT2D eigenvalue weighted by molar-refractivity contribution is 0.476. The van der Waals surface area contributed by atoms with Crippen molar-refractivity contribution in [3.63, 3.8) is 0 Å². The zero-order valence-electron chi connectivity index (χ0n) is 15.2. The smallest absolute Gasteiger partial charge is 0.179 e. The van der Waals surface area contributed by atoms with E-state index in [1.54, 1.807) is 24.3 Å². The van der Waals surface area contributed by atoms with E-state index in [9.17, 15) is 18.8 Å². The normalized spacial score (nSPS) is 14.6. The molecule has 1 aliphatic rings. The first kappa shape index (κ1) is 17.5. The van der Waals surface area contributed by atoms with E-state index in [1.165, 1.54) is 6.20 Å². The van der Waals surface area contributed by atoms with Crippen molar-refractivity contribution in [2.24, 2.45) is 0 Å². The number of rotatable bonds is 2. The van der Waals surface area contributed by atoms with Crippen LogP contribution in [0.1, 0.15) is 11.1 Å². The molecule has 142 valence electrons. The molecule has 0 fully saturated rings. The summed E-state index contributed by atoms with van der Waals surface area (Å²) in [6, 6.07) is 16.2. The standard InChI is InChI=1S/C22H15N3O3S/c23-11-14-12-24-19-6-7-20-16(8-9-29(20,27)28)21(19)22(14)25-18-3-1-2-13-4-5-15(26)10-17(13)18/h1-7,10,12,26H,8-9H2,(H,24,25). The Bertz CT molecular complexity index is 1470. The summed E-state index contributed by atoms with van der Waals surface area (Å²) in [5.74, 6) is 0.193. The highest BCUT2D eigenvalue weighted by Gasteiger charge is 2.29. The first-order valence-corrected chi connectivity index (χ1v) is 10.7. The largest absolute Gasteiger partial charge is 0.508 e. The highest BCUT2D eigenvalue weighted by atomic mass is 32.2. The zero-order chi connectivity index (χ0) is 20.2. The number of nitrogens with zero attached hydrogens (tertiary/aromatic N) is 2. The quantitative estimate of drug-likeness (QED) is 0.525. The molecule has 5 rings (SSSR count). The van der Waals surface area contributed by atoms with Crippen LogP contribution in [-0.4, -0.2) is 24.3 Å². The third-order valence-corrected chi connectivity index (χ3v) is 7.10. The number of benzene rings is 3. The Kier molecular flexibility index (Phi) is 3.73. The van der Waals surface area contributed by atoms with Crippen LogP contribution in [0.5, 0.6) is 5.75 Å². The number of aromatic nitrogens is 1. The van der Waals surface area contributed by atoms with E-state index in [-0.39, 0.29) is 11.5 Å². The van der Waals surface area contributed by atoms with Crippen molar-refractivity contribution in [2.75, 3.05) is 11.1 Å². The van der Waals surface area contributed by atoms with Gasteiger partial charge in [-0.15, -0.1) is 0 Å². The molecule has 0 saturated carbocycles. The molecule has 29 heavy (non-hydrogen) atoms. The van der Waals surface area contributed by atoms with E-state index >= 15 is 0 Å². The van der Waals surface area contributed by atoms with Crippen LogP contribution in [0, 0.1) is 11.3 Å². The van der Waals surface area contributed by atoms with E-state index in [0.717, 1.165) is 10.8 Å². The number of hydrogen-bond donors (Lipinski definition) is 2. The average Bonchev–Trinajstić information content (AvgIpc) is 3.03. The summed E-state index contributed by atoms with van der Waals surface area (Å²) >= 11 is 0. The first-order valence-electron chi connectivity index (χ1n) is 9.04. The lowest BCUT2D eigenvalue weighted by Crippen LogP contribution is -2.01. The Morgan fingerprint density at radius 2 is 2.00 bits per heavy atom. The van der Waals surface area contributed by atoms with Crippen LogP contribution in [0.2, 0.25) is 0 Å². The molecule has 0 radical (unpaired) electrons. The maximum atomic E-state index is 12.4. The number of phenolic OH excluding ortho intramolecular Hbond substituents is 1. The minimum absolute atomic E-state index is 0.0554. The molecular formula is C22H15N3O3S. The third-order valence-electron chi connectivity index (χ3n) is 5.30. The van der Waals surface area contributed by atoms with E-state index in [1.807, 2.05) is 24.3 Å². The van der Waals surface area contributed by atoms with Crippen molar-refractivity contribution in [1.82, 2.24) is 4.98 Å². The Morgan fingerprint density at radius 1 is 1.14 bits per heavy atom. The fraction of sp³-hybridized carbons (Fsp3) is 0.0909. The van der Waals surface area contributed by atoms with Crippen molar-refractivity contribution in [3.8, 4) is 11.8 Å². The second-order valence-electron chi connectivity index (χ2n) is 7.00. The van der Waals surface area contributed by atoms with Crippen LogP contribution in [0.25, 0.3) is 21.7 Å². The van der Waals surface area contributed by atoms with Gasteiger partial charge in [0.15, 0.2) is 9.84 Å². The summed E-state index contributed by atoms with van der Waals surface area (Å²) < 4.78 is 24.8. The lowest BCUT2D eigenvalue weighted by atomic mass is 10.0. The highest BCUT2D eigenvalue weighted by molar-refractivity contribution is 7.91. The molecule has 6 nitrogen and oxygen atoms in total. The number of pyridine rings is 1. The van der Waals surface area contributed by atoms with Crippen LogP contribution >= 0.6 is 0 Å². The lowest BCUT2D eigenvalue weighted by Gasteiger charge is -2.15. The monoisotopic (exact) mass is 401 g/mol. The molecule has 0 bridgehead atoms. The molecule has 2 N–H and O–H groups in total. The zero-order valence-corrected chi connectivity index (χ0v) is 16.0. The van der Waals surface area contributed by atoms with E-state index in [4.69, 9.17) is 0 Å². The van der Waals surface area contributed by atoms with Crippen LogP contribution in [-0.2, 0) is 16.3 Å². The third kappa shape index (κ3) is 2.69. The molecule has 1 aromatic heterocycles. The topological polar surface area (TPSA) is 103 Å². The number of sulfone groups is 1. The molecule has 1 aliphatic heterocycles. The van der Waals surface area contributed by atoms with Crippen LogP contribution < -0.4 is 5.32 Å². The molecular weight excluding hydrogens is 386 g/mol. The van der Waals surface area contributed by atoms with Crippen LogP contribution in [0.4, 0.5) is 11.4 Å². The van der Waals surface area contributed by atoms with Gasteiger partial charge in [0.25, 0.3) is 0 Å². The summed E-state index contributed by atoms with van der Waals surface area (Å²) in [6.07, 6.45) is 1.87. The molecule has 0 saturated heterocycles. The van der Waals surface area contributed by atoms with Gasteiger partial charge in [0.05, 0.1) is 27.4 Å². The number of aromatic hydroxyl groups is 1. The van der Waals surface area contributed by atoms with Gasteiger partial charge >= 0.3 is 0 Å². The van der Waals surface area contributed by atoms with Gasteiger partial charge < -0.3 is 10.4 Å². The highest BCUT2D eigenvalue weighted by Crippen LogP contribution is 2.39. The Balaban J connectivity index is 1.81. The maximum absolute atomic E-state index is 12.4. The fourth-order valence-electron chi connectivity index (χ4n) is 3.94. The SMILES string of the molecule is N#Cc1cnc2ccc3c(c2c1Nc1cccc2ccc(O)cc12)CCS3(=O)=O. The Morgan fingerprint density at radius 3 is 2.83 bits per heavy atom. The number of fused-ring (bicyclic) bond motifs is 4. The van der Waals surface area contributed by atoms with Crippen molar-refractivity contribution in [3.05, 3.63) is 65.9 Å². The first-order chi connectivity index (χ1) is 14.0. The van der Waals surface area contributed by atoms with Gasteiger partial charge in [0.1, 0.15) is 11.8 Å². The summed E-state index contributed by atoms with van der Waals surface area (Å²) in [6.45, 7) is 0. The van der Waals surface area contributed by atoms with Gasteiger partial charge in [0.2, 0.25) is 0 Å². The average molecular weight is 401 g/mol. The van der Waals surface area contributed by atoms with Crippen molar-refractivity contribution in [2.45, 2.75) is 11.3 Å². The molecule has 0 aliphatic carbocycles. The second-order valence-corrected chi connectivity index (χ2v) is 9.08. The molecule has 4 aromatic rings. The second kappa shape index (κ2) is 6.19. The Hall–Kier alpha value is -3.63. The van der Waals surface area contributed by atoms with Crippen molar-refractivity contribution in [1.29, 1.82) is 5.26 Å². The van der Waals surface area contributed by atoms with Crippen LogP contribution in [0.3, 0.4) is 0 Å². The molecule has 0 unspecified atom stereocenters. The molecule has 3 aromatic carbocycles. The van der Waals surface area contributed by atoms with Crippen molar-refractivity contribution >= 4 is 42.9 Å². The van der Waals surface area contributed by atoms with Gasteiger partial charge in [-0.05, 0) is 47.7 Å². The number of nitrogens with one attached hydrogen (secondary N) is 1. The predicted molar refractivity (Wildman–Crippen MR) is 111 cm³/mol. The van der Waals surface area contributed by atoms with Crippen molar-refractivity contribution < 1.29 is 13.5 Å². The summed E-state index contributed by atoms with van der Waals surface area (Å²) in [5, 5.41) is 25.3.